The minimum Gasteiger partial charge on any atom is -0.480 e. The van der Waals surface area contributed by atoms with E-state index in [2.05, 4.69) is 19.2 Å². The number of aliphatic carboxylic acids is 1. The lowest BCUT2D eigenvalue weighted by molar-refractivity contribution is -0.147. The second kappa shape index (κ2) is 17.3. The van der Waals surface area contributed by atoms with E-state index in [1.165, 1.54) is 7.11 Å². The van der Waals surface area contributed by atoms with Gasteiger partial charge in [-0.1, -0.05) is 71.4 Å². The molecule has 1 heterocycles. The predicted octanol–water partition coefficient (Wildman–Crippen LogP) is 3.76. The van der Waals surface area contributed by atoms with E-state index in [4.69, 9.17) is 9.47 Å². The fraction of sp³-hybridized carbons (Fsp3) is 0.697. The topological polar surface area (TPSA) is 125 Å². The molecule has 1 fully saturated rings. The molecule has 242 valence electrons. The number of carboxylic acids is 1. The maximum atomic E-state index is 13.8. The predicted molar refractivity (Wildman–Crippen MR) is 165 cm³/mol. The van der Waals surface area contributed by atoms with Crippen molar-refractivity contribution >= 4 is 23.7 Å². The van der Waals surface area contributed by atoms with Gasteiger partial charge < -0.3 is 29.7 Å². The van der Waals surface area contributed by atoms with Gasteiger partial charge >= 0.3 is 5.97 Å². The highest BCUT2D eigenvalue weighted by atomic mass is 16.5. The quantitative estimate of drug-likeness (QED) is 0.278. The zero-order valence-electron chi connectivity index (χ0n) is 27.2. The van der Waals surface area contributed by atoms with Crippen molar-refractivity contribution in [1.82, 2.24) is 15.1 Å². The summed E-state index contributed by atoms with van der Waals surface area (Å²) in [6.07, 6.45) is 1.79. The molecule has 1 aromatic rings. The van der Waals surface area contributed by atoms with Gasteiger partial charge in [0.05, 0.1) is 36.6 Å². The highest BCUT2D eigenvalue weighted by molar-refractivity contribution is 5.85. The Kier molecular flexibility index (Phi) is 14.6. The number of amides is 3. The molecule has 0 aliphatic carbocycles. The number of carboxylic acid groups (broad SMARTS) is 1. The maximum Gasteiger partial charge on any atom is 0.326 e. The van der Waals surface area contributed by atoms with E-state index in [1.54, 1.807) is 30.9 Å². The molecule has 0 bridgehead atoms. The first-order chi connectivity index (χ1) is 20.4. The van der Waals surface area contributed by atoms with Gasteiger partial charge in [-0.3, -0.25) is 14.4 Å². The zero-order chi connectivity index (χ0) is 32.3. The molecular formula is C33H53N3O7. The lowest BCUT2D eigenvalue weighted by Gasteiger charge is -2.39. The molecule has 1 aromatic carbocycles. The number of likely N-dealkylation sites (N-methyl/N-ethyl adjacent to an activating group) is 1. The molecule has 1 aliphatic heterocycles. The Balaban J connectivity index is 2.18. The molecule has 0 saturated carbocycles. The molecular weight excluding hydrogens is 550 g/mol. The number of carbonyl (C=O) groups is 4. The van der Waals surface area contributed by atoms with E-state index in [0.717, 1.165) is 18.4 Å². The average Bonchev–Trinajstić information content (AvgIpc) is 3.46. The number of hydrogen-bond acceptors (Lipinski definition) is 6. The Bertz CT molecular complexity index is 1050. The Morgan fingerprint density at radius 1 is 1.05 bits per heavy atom. The maximum absolute atomic E-state index is 13.8. The van der Waals surface area contributed by atoms with Crippen LogP contribution < -0.4 is 5.32 Å². The van der Waals surface area contributed by atoms with Crippen LogP contribution in [0.3, 0.4) is 0 Å². The molecule has 43 heavy (non-hydrogen) atoms. The van der Waals surface area contributed by atoms with Crippen molar-refractivity contribution in [3.05, 3.63) is 35.9 Å². The zero-order valence-corrected chi connectivity index (χ0v) is 27.2. The SMILES string of the molecule is CCC(C)C(C(CC(=O)N1CCCC1C(OC)C(C)C(=O)N[C@@H](Cc1ccccc1)C(=O)O)OC)N(C)C(=O)CC(C)C. The number of likely N-dealkylation sites (tertiary alicyclic amines) is 1. The number of hydrogen-bond donors (Lipinski definition) is 2. The van der Waals surface area contributed by atoms with Gasteiger partial charge in [-0.15, -0.1) is 0 Å². The summed E-state index contributed by atoms with van der Waals surface area (Å²) in [5, 5.41) is 12.5. The lowest BCUT2D eigenvalue weighted by Crippen LogP contribution is -2.54. The summed E-state index contributed by atoms with van der Waals surface area (Å²) in [6.45, 7) is 10.4. The van der Waals surface area contributed by atoms with Gasteiger partial charge in [0.15, 0.2) is 0 Å². The van der Waals surface area contributed by atoms with Crippen LogP contribution in [-0.4, -0.2) is 96.7 Å². The summed E-state index contributed by atoms with van der Waals surface area (Å²) >= 11 is 0. The van der Waals surface area contributed by atoms with Gasteiger partial charge in [0.1, 0.15) is 6.04 Å². The van der Waals surface area contributed by atoms with Crippen LogP contribution in [0.1, 0.15) is 72.3 Å². The van der Waals surface area contributed by atoms with E-state index in [0.29, 0.717) is 19.4 Å². The third-order valence-electron chi connectivity index (χ3n) is 8.78. The molecule has 10 heteroatoms. The summed E-state index contributed by atoms with van der Waals surface area (Å²) in [4.78, 5) is 55.6. The largest absolute Gasteiger partial charge is 0.480 e. The fourth-order valence-corrected chi connectivity index (χ4v) is 6.17. The van der Waals surface area contributed by atoms with Crippen molar-refractivity contribution in [3.8, 4) is 0 Å². The highest BCUT2D eigenvalue weighted by Crippen LogP contribution is 2.29. The number of nitrogens with zero attached hydrogens (tertiary/aromatic N) is 2. The smallest absolute Gasteiger partial charge is 0.326 e. The molecule has 7 atom stereocenters. The third kappa shape index (κ3) is 10.0. The Labute approximate surface area is 257 Å². The van der Waals surface area contributed by atoms with Crippen LogP contribution in [0, 0.1) is 17.8 Å². The highest BCUT2D eigenvalue weighted by Gasteiger charge is 2.42. The summed E-state index contributed by atoms with van der Waals surface area (Å²) in [7, 11) is 4.88. The number of benzene rings is 1. The molecule has 2 rings (SSSR count). The van der Waals surface area contributed by atoms with Crippen LogP contribution in [0.15, 0.2) is 30.3 Å². The first-order valence-corrected chi connectivity index (χ1v) is 15.5. The molecule has 2 N–H and O–H groups in total. The van der Waals surface area contributed by atoms with Gasteiger partial charge in [0.2, 0.25) is 17.7 Å². The fourth-order valence-electron chi connectivity index (χ4n) is 6.17. The summed E-state index contributed by atoms with van der Waals surface area (Å²) in [5.41, 5.74) is 0.804. The molecule has 3 amide bonds. The van der Waals surface area contributed by atoms with Gasteiger partial charge in [-0.25, -0.2) is 4.79 Å². The van der Waals surface area contributed by atoms with Gasteiger partial charge in [-0.2, -0.15) is 0 Å². The third-order valence-corrected chi connectivity index (χ3v) is 8.78. The summed E-state index contributed by atoms with van der Waals surface area (Å²) in [5.74, 6) is -2.02. The standard InChI is InChI=1S/C33H53N3O7/c1-9-22(4)30(35(6)28(37)18-21(2)3)27(42-7)20-29(38)36-17-13-16-26(36)31(43-8)23(5)32(39)34-25(33(40)41)19-24-14-11-10-12-15-24/h10-12,14-15,21-23,25-27,30-31H,9,13,16-20H2,1-8H3,(H,34,39)(H,40,41)/t22?,23?,25-,26?,27?,30?,31?/m0/s1. The minimum atomic E-state index is -1.12. The molecule has 6 unspecified atom stereocenters. The minimum absolute atomic E-state index is 0.0278. The molecule has 0 spiro atoms. The van der Waals surface area contributed by atoms with E-state index in [9.17, 15) is 24.3 Å². The average molecular weight is 604 g/mol. The van der Waals surface area contributed by atoms with Gasteiger partial charge in [0, 0.05) is 40.7 Å². The van der Waals surface area contributed by atoms with Crippen LogP contribution >= 0.6 is 0 Å². The second-order valence-corrected chi connectivity index (χ2v) is 12.3. The Morgan fingerprint density at radius 2 is 1.70 bits per heavy atom. The van der Waals surface area contributed by atoms with Crippen LogP contribution in [0.2, 0.25) is 0 Å². The Hall–Kier alpha value is -2.98. The molecule has 0 aromatic heterocycles. The van der Waals surface area contributed by atoms with Crippen molar-refractivity contribution in [3.63, 3.8) is 0 Å². The summed E-state index contributed by atoms with van der Waals surface area (Å²) in [6, 6.07) is 7.43. The Morgan fingerprint density at radius 3 is 2.23 bits per heavy atom. The molecule has 1 saturated heterocycles. The number of methoxy groups -OCH3 is 2. The molecule has 0 radical (unpaired) electrons. The first-order valence-electron chi connectivity index (χ1n) is 15.5. The van der Waals surface area contributed by atoms with Crippen molar-refractivity contribution in [1.29, 1.82) is 0 Å². The van der Waals surface area contributed by atoms with Crippen molar-refractivity contribution in [2.75, 3.05) is 27.8 Å². The molecule has 10 nitrogen and oxygen atoms in total. The van der Waals surface area contributed by atoms with E-state index in [-0.39, 0.29) is 48.6 Å². The van der Waals surface area contributed by atoms with E-state index in [1.807, 2.05) is 44.2 Å². The van der Waals surface area contributed by atoms with Gasteiger partial charge in [-0.05, 0) is 30.2 Å². The number of ether oxygens (including phenoxy) is 2. The van der Waals surface area contributed by atoms with Crippen LogP contribution in [0.25, 0.3) is 0 Å². The van der Waals surface area contributed by atoms with Gasteiger partial charge in [0.25, 0.3) is 0 Å². The van der Waals surface area contributed by atoms with E-state index >= 15 is 0 Å². The van der Waals surface area contributed by atoms with Crippen LogP contribution in [-0.2, 0) is 35.1 Å². The van der Waals surface area contributed by atoms with Crippen molar-refractivity contribution < 1.29 is 33.8 Å². The lowest BCUT2D eigenvalue weighted by atomic mass is 9.90. The first kappa shape index (κ1) is 36.2. The van der Waals surface area contributed by atoms with E-state index < -0.39 is 36.0 Å². The van der Waals surface area contributed by atoms with Crippen LogP contribution in [0.5, 0.6) is 0 Å². The monoisotopic (exact) mass is 603 g/mol. The summed E-state index contributed by atoms with van der Waals surface area (Å²) < 4.78 is 11.7. The van der Waals surface area contributed by atoms with Crippen molar-refractivity contribution in [2.24, 2.45) is 17.8 Å². The normalized spacial score (nSPS) is 19.3. The number of nitrogens with one attached hydrogen (secondary N) is 1. The molecule has 1 aliphatic rings. The second-order valence-electron chi connectivity index (χ2n) is 12.3. The van der Waals surface area contributed by atoms with Crippen molar-refractivity contribution in [2.45, 2.75) is 103 Å². The number of carbonyl (C=O) groups excluding carboxylic acids is 3. The van der Waals surface area contributed by atoms with Crippen LogP contribution in [0.4, 0.5) is 0 Å². The number of rotatable bonds is 17.